The van der Waals surface area contributed by atoms with E-state index in [2.05, 4.69) is 44.9 Å². The van der Waals surface area contributed by atoms with Crippen LogP contribution in [0.25, 0.3) is 0 Å². The molecule has 2 N–H and O–H groups in total. The first kappa shape index (κ1) is 24.3. The molecule has 2 heterocycles. The number of benzene rings is 1. The molecular formula is C22H31N5O3S2. The number of carbonyl (C=O) groups is 1. The molecule has 0 fully saturated rings. The van der Waals surface area contributed by atoms with Gasteiger partial charge < -0.3 is 15.5 Å². The first-order valence-corrected chi connectivity index (χ1v) is 13.2. The summed E-state index contributed by atoms with van der Waals surface area (Å²) < 4.78 is 25.1. The van der Waals surface area contributed by atoms with Crippen molar-refractivity contribution in [1.82, 2.24) is 20.5 Å². The third-order valence-corrected chi connectivity index (χ3v) is 8.57. The average Bonchev–Trinajstić information content (AvgIpc) is 3.41. The highest BCUT2D eigenvalue weighted by Gasteiger charge is 2.20. The van der Waals surface area contributed by atoms with Gasteiger partial charge in [0.05, 0.1) is 17.2 Å². The highest BCUT2D eigenvalue weighted by molar-refractivity contribution is 7.93. The van der Waals surface area contributed by atoms with Crippen molar-refractivity contribution in [3.05, 3.63) is 46.1 Å². The van der Waals surface area contributed by atoms with Crippen molar-refractivity contribution in [2.45, 2.75) is 37.3 Å². The van der Waals surface area contributed by atoms with Crippen molar-refractivity contribution in [3.63, 3.8) is 0 Å². The number of thiazole rings is 1. The van der Waals surface area contributed by atoms with Crippen molar-refractivity contribution < 1.29 is 13.2 Å². The van der Waals surface area contributed by atoms with Crippen LogP contribution < -0.4 is 10.6 Å². The first-order chi connectivity index (χ1) is 15.3. The van der Waals surface area contributed by atoms with Gasteiger partial charge in [0.1, 0.15) is 15.9 Å². The molecule has 1 amide bonds. The number of carbonyl (C=O) groups excluding carboxylic acids is 1. The molecule has 0 unspecified atom stereocenters. The van der Waals surface area contributed by atoms with Crippen LogP contribution >= 0.6 is 11.3 Å². The molecule has 174 valence electrons. The van der Waals surface area contributed by atoms with E-state index in [4.69, 9.17) is 0 Å². The molecule has 0 aliphatic carbocycles. The van der Waals surface area contributed by atoms with E-state index in [-0.39, 0.29) is 11.8 Å². The third kappa shape index (κ3) is 6.60. The van der Waals surface area contributed by atoms with Crippen LogP contribution in [0.2, 0.25) is 0 Å². The predicted octanol–water partition coefficient (Wildman–Crippen LogP) is 1.91. The maximum absolute atomic E-state index is 12.4. The van der Waals surface area contributed by atoms with Crippen LogP contribution in [-0.2, 0) is 21.1 Å². The lowest BCUT2D eigenvalue weighted by atomic mass is 10.1. The largest absolute Gasteiger partial charge is 0.368 e. The zero-order valence-corrected chi connectivity index (χ0v) is 20.5. The predicted molar refractivity (Wildman–Crippen MR) is 128 cm³/mol. The Hall–Kier alpha value is -2.30. The Morgan fingerprint density at radius 3 is 2.62 bits per heavy atom. The second-order valence-electron chi connectivity index (χ2n) is 7.89. The summed E-state index contributed by atoms with van der Waals surface area (Å²) in [5.41, 5.74) is 2.81. The standard InChI is InChI=1S/C22H31N5O3S2/c1-16-22(31-17(2)26-16)32(29,30)15-23-11-4-5-20(28)27(3)14-10-18-6-8-19(9-7-18)21-24-12-13-25-21/h6-9,23H,4-5,10-15H2,1-3H3,(H,24,25). The summed E-state index contributed by atoms with van der Waals surface area (Å²) in [4.78, 5) is 22.7. The van der Waals surface area contributed by atoms with Crippen molar-refractivity contribution >= 4 is 32.9 Å². The number of aromatic nitrogens is 1. The lowest BCUT2D eigenvalue weighted by Gasteiger charge is -2.17. The highest BCUT2D eigenvalue weighted by Crippen LogP contribution is 2.23. The van der Waals surface area contributed by atoms with Gasteiger partial charge in [-0.3, -0.25) is 9.79 Å². The van der Waals surface area contributed by atoms with Gasteiger partial charge >= 0.3 is 0 Å². The number of amidine groups is 1. The molecule has 0 radical (unpaired) electrons. The number of aryl methyl sites for hydroxylation is 2. The number of sulfone groups is 1. The number of likely N-dealkylation sites (N-methyl/N-ethyl adjacent to an activating group) is 1. The van der Waals surface area contributed by atoms with Gasteiger partial charge in [-0.15, -0.1) is 11.3 Å². The van der Waals surface area contributed by atoms with Crippen molar-refractivity contribution in [2.24, 2.45) is 4.99 Å². The molecule has 1 aliphatic heterocycles. The molecule has 10 heteroatoms. The van der Waals surface area contributed by atoms with Gasteiger partial charge in [-0.2, -0.15) is 0 Å². The number of nitrogens with one attached hydrogen (secondary N) is 2. The minimum Gasteiger partial charge on any atom is -0.368 e. The van der Waals surface area contributed by atoms with E-state index in [1.807, 2.05) is 0 Å². The summed E-state index contributed by atoms with van der Waals surface area (Å²) in [6.45, 7) is 6.32. The number of aliphatic imine (C=N–C) groups is 1. The van der Waals surface area contributed by atoms with Crippen molar-refractivity contribution in [3.8, 4) is 0 Å². The van der Waals surface area contributed by atoms with E-state index in [0.29, 0.717) is 35.8 Å². The van der Waals surface area contributed by atoms with Gasteiger partial charge in [-0.25, -0.2) is 13.4 Å². The fourth-order valence-electron chi connectivity index (χ4n) is 3.47. The smallest absolute Gasteiger partial charge is 0.222 e. The number of hydrogen-bond donors (Lipinski definition) is 2. The normalized spacial score (nSPS) is 13.7. The van der Waals surface area contributed by atoms with Gasteiger partial charge in [0.25, 0.3) is 0 Å². The van der Waals surface area contributed by atoms with E-state index in [1.165, 1.54) is 16.9 Å². The van der Waals surface area contributed by atoms with Crippen LogP contribution in [0.4, 0.5) is 0 Å². The van der Waals surface area contributed by atoms with E-state index in [9.17, 15) is 13.2 Å². The van der Waals surface area contributed by atoms with Gasteiger partial charge in [-0.1, -0.05) is 24.3 Å². The highest BCUT2D eigenvalue weighted by atomic mass is 32.2. The van der Waals surface area contributed by atoms with E-state index >= 15 is 0 Å². The maximum Gasteiger partial charge on any atom is 0.222 e. The Labute approximate surface area is 194 Å². The lowest BCUT2D eigenvalue weighted by Crippen LogP contribution is -2.30. The maximum atomic E-state index is 12.4. The number of rotatable bonds is 11. The molecular weight excluding hydrogens is 446 g/mol. The minimum absolute atomic E-state index is 0.0599. The quantitative estimate of drug-likeness (QED) is 0.479. The van der Waals surface area contributed by atoms with Gasteiger partial charge in [0.2, 0.25) is 15.7 Å². The Morgan fingerprint density at radius 2 is 2.00 bits per heavy atom. The molecule has 0 spiro atoms. The molecule has 2 aromatic rings. The Morgan fingerprint density at radius 1 is 1.25 bits per heavy atom. The Kier molecular flexibility index (Phi) is 8.38. The number of hydrogen-bond acceptors (Lipinski definition) is 8. The molecule has 1 aromatic heterocycles. The summed E-state index contributed by atoms with van der Waals surface area (Å²) in [5.74, 6) is 0.865. The summed E-state index contributed by atoms with van der Waals surface area (Å²) in [7, 11) is -1.59. The van der Waals surface area contributed by atoms with Crippen molar-refractivity contribution in [1.29, 1.82) is 0 Å². The van der Waals surface area contributed by atoms with E-state index < -0.39 is 9.84 Å². The molecule has 0 bridgehead atoms. The zero-order chi connectivity index (χ0) is 23.1. The fraction of sp³-hybridized carbons (Fsp3) is 0.500. The number of nitrogens with zero attached hydrogens (tertiary/aromatic N) is 3. The second kappa shape index (κ2) is 11.0. The van der Waals surface area contributed by atoms with Gasteiger partial charge in [0, 0.05) is 32.1 Å². The van der Waals surface area contributed by atoms with Crippen LogP contribution in [0.5, 0.6) is 0 Å². The molecule has 0 saturated heterocycles. The zero-order valence-electron chi connectivity index (χ0n) is 18.8. The van der Waals surface area contributed by atoms with Crippen LogP contribution in [0.3, 0.4) is 0 Å². The summed E-state index contributed by atoms with van der Waals surface area (Å²) in [6, 6.07) is 8.27. The third-order valence-electron chi connectivity index (χ3n) is 5.24. The molecule has 32 heavy (non-hydrogen) atoms. The molecule has 8 nitrogen and oxygen atoms in total. The molecule has 0 atom stereocenters. The SMILES string of the molecule is Cc1nc(C)c(S(=O)(=O)CNCCCC(=O)N(C)CCc2ccc(C3=NCCN3)cc2)s1. The Bertz CT molecular complexity index is 1060. The summed E-state index contributed by atoms with van der Waals surface area (Å²) in [5, 5.41) is 6.95. The van der Waals surface area contributed by atoms with Crippen molar-refractivity contribution in [2.75, 3.05) is 39.1 Å². The minimum atomic E-state index is -3.40. The van der Waals surface area contributed by atoms with Gasteiger partial charge in [-0.05, 0) is 38.8 Å². The first-order valence-electron chi connectivity index (χ1n) is 10.8. The molecule has 3 rings (SSSR count). The summed E-state index contributed by atoms with van der Waals surface area (Å²) >= 11 is 1.20. The van der Waals surface area contributed by atoms with Crippen LogP contribution in [-0.4, -0.2) is 69.1 Å². The van der Waals surface area contributed by atoms with E-state index in [1.54, 1.807) is 25.8 Å². The second-order valence-corrected chi connectivity index (χ2v) is 11.3. The monoisotopic (exact) mass is 477 g/mol. The van der Waals surface area contributed by atoms with Gasteiger partial charge in [0.15, 0.2) is 0 Å². The Balaban J connectivity index is 1.34. The summed E-state index contributed by atoms with van der Waals surface area (Å²) in [6.07, 6.45) is 1.75. The average molecular weight is 478 g/mol. The number of amides is 1. The molecule has 1 aliphatic rings. The van der Waals surface area contributed by atoms with Crippen LogP contribution in [0.15, 0.2) is 33.5 Å². The van der Waals surface area contributed by atoms with Crippen LogP contribution in [0, 0.1) is 13.8 Å². The fourth-order valence-corrected chi connectivity index (χ4v) is 6.20. The van der Waals surface area contributed by atoms with Crippen LogP contribution in [0.1, 0.15) is 34.7 Å². The lowest BCUT2D eigenvalue weighted by molar-refractivity contribution is -0.129. The molecule has 1 aromatic carbocycles. The molecule has 0 saturated carbocycles. The topological polar surface area (TPSA) is 104 Å². The van der Waals surface area contributed by atoms with E-state index in [0.717, 1.165) is 35.9 Å².